The molecule has 0 saturated carbocycles. The summed E-state index contributed by atoms with van der Waals surface area (Å²) in [5, 5.41) is 13.7. The van der Waals surface area contributed by atoms with Gasteiger partial charge in [0.15, 0.2) is 0 Å². The van der Waals surface area contributed by atoms with Crippen molar-refractivity contribution in [1.29, 1.82) is 0 Å². The van der Waals surface area contributed by atoms with Crippen molar-refractivity contribution in [3.63, 3.8) is 0 Å². The first kappa shape index (κ1) is 47.4. The second kappa shape index (κ2) is 19.3. The predicted molar refractivity (Wildman–Crippen MR) is 264 cm³/mol. The lowest BCUT2D eigenvalue weighted by Crippen LogP contribution is -2.47. The summed E-state index contributed by atoms with van der Waals surface area (Å²) in [4.78, 5) is 39.3. The van der Waals surface area contributed by atoms with Crippen LogP contribution in [-0.2, 0) is 16.4 Å². The summed E-state index contributed by atoms with van der Waals surface area (Å²) < 4.78 is 52.3. The zero-order valence-electron chi connectivity index (χ0n) is 38.0. The van der Waals surface area contributed by atoms with E-state index in [4.69, 9.17) is 16.3 Å². The van der Waals surface area contributed by atoms with Crippen molar-refractivity contribution < 1.29 is 27.3 Å². The number of carbonyl (C=O) groups excluding carboxylic acids is 1. The SMILES string of the molecule is C=P1(C)CCN(C[C@H](C)Cc2ccc(S(=O)(=O)NC(=O)c3cc(F)c(N4CCN(CC5=C(c6ccc(Cl)cc6)CC(C)(C)CC5)CC4)cc3Oc3cnc4[nH]ccc4c3)cc2[N+](=O)[O-])CC1. The number of allylic oxidation sites excluding steroid dienone is 1. The van der Waals surface area contributed by atoms with Crippen LogP contribution in [0.25, 0.3) is 16.6 Å². The maximum atomic E-state index is 16.4. The topological polar surface area (TPSA) is 154 Å². The van der Waals surface area contributed by atoms with Crippen molar-refractivity contribution in [1.82, 2.24) is 24.5 Å². The molecule has 1 amide bonds. The molecule has 3 aliphatic rings. The van der Waals surface area contributed by atoms with Crippen molar-refractivity contribution in [2.75, 3.05) is 76.2 Å². The lowest BCUT2D eigenvalue weighted by atomic mass is 9.72. The zero-order valence-corrected chi connectivity index (χ0v) is 40.5. The fraction of sp³-hybridized carbons (Fsp3) is 0.408. The van der Waals surface area contributed by atoms with E-state index < -0.39 is 38.5 Å². The van der Waals surface area contributed by atoms with E-state index in [1.54, 1.807) is 18.3 Å². The summed E-state index contributed by atoms with van der Waals surface area (Å²) in [6.45, 7) is 13.5. The minimum absolute atomic E-state index is 0.0627. The number of carbonyl (C=O) groups is 1. The van der Waals surface area contributed by atoms with E-state index in [9.17, 15) is 23.3 Å². The van der Waals surface area contributed by atoms with Gasteiger partial charge in [0.05, 0.1) is 27.3 Å². The Balaban J connectivity index is 1.01. The third kappa shape index (κ3) is 11.2. The van der Waals surface area contributed by atoms with Crippen molar-refractivity contribution in [2.24, 2.45) is 11.3 Å². The first-order valence-corrected chi connectivity index (χ1v) is 27.1. The van der Waals surface area contributed by atoms with Crippen LogP contribution >= 0.6 is 18.5 Å². The van der Waals surface area contributed by atoms with Crippen LogP contribution in [0, 0.1) is 27.3 Å². The molecule has 0 bridgehead atoms. The molecular formula is C49H58ClFN7O6PS. The number of anilines is 1. The number of hydrogen-bond donors (Lipinski definition) is 2. The summed E-state index contributed by atoms with van der Waals surface area (Å²) >= 11 is 6.24. The van der Waals surface area contributed by atoms with E-state index in [1.807, 2.05) is 28.7 Å². The molecule has 2 aromatic heterocycles. The number of hydrogen-bond acceptors (Lipinski definition) is 10. The monoisotopic (exact) mass is 957 g/mol. The Morgan fingerprint density at radius 3 is 2.48 bits per heavy atom. The van der Waals surface area contributed by atoms with Gasteiger partial charge in [-0.05, 0) is 104 Å². The molecule has 4 heterocycles. The maximum Gasteiger partial charge on any atom is 0.273 e. The van der Waals surface area contributed by atoms with Crippen LogP contribution in [0.1, 0.15) is 61.5 Å². The van der Waals surface area contributed by atoms with E-state index in [0.717, 1.165) is 75.3 Å². The zero-order chi connectivity index (χ0) is 47.0. The van der Waals surface area contributed by atoms with Crippen LogP contribution in [0.15, 0.2) is 89.6 Å². The number of halogens is 2. The number of nitrogens with one attached hydrogen (secondary N) is 2. The molecule has 13 nitrogen and oxygen atoms in total. The number of nitrogens with zero attached hydrogens (tertiary/aromatic N) is 5. The molecule has 0 unspecified atom stereocenters. The molecule has 5 aromatic rings. The molecule has 17 heteroatoms. The fourth-order valence-electron chi connectivity index (χ4n) is 9.37. The Kier molecular flexibility index (Phi) is 13.9. The number of sulfonamides is 1. The molecule has 2 saturated heterocycles. The van der Waals surface area contributed by atoms with Gasteiger partial charge in [0.2, 0.25) is 0 Å². The van der Waals surface area contributed by atoms with Crippen LogP contribution in [0.5, 0.6) is 11.5 Å². The molecule has 2 aliphatic heterocycles. The number of fused-ring (bicyclic) bond motifs is 1. The van der Waals surface area contributed by atoms with E-state index in [2.05, 4.69) is 58.7 Å². The summed E-state index contributed by atoms with van der Waals surface area (Å²) in [5.74, 6) is -1.69. The number of ether oxygens (including phenoxy) is 1. The lowest BCUT2D eigenvalue weighted by Gasteiger charge is -2.39. The van der Waals surface area contributed by atoms with Gasteiger partial charge in [0.1, 0.15) is 23.0 Å². The molecule has 2 N–H and O–H groups in total. The second-order valence-electron chi connectivity index (χ2n) is 19.3. The van der Waals surface area contributed by atoms with Crippen LogP contribution in [-0.4, -0.2) is 117 Å². The molecular weight excluding hydrogens is 900 g/mol. The fourth-order valence-corrected chi connectivity index (χ4v) is 12.2. The average Bonchev–Trinajstić information content (AvgIpc) is 3.74. The maximum absolute atomic E-state index is 16.4. The summed E-state index contributed by atoms with van der Waals surface area (Å²) in [6.07, 6.45) is 13.1. The number of rotatable bonds is 14. The van der Waals surface area contributed by atoms with Gasteiger partial charge < -0.3 is 19.5 Å². The van der Waals surface area contributed by atoms with E-state index in [1.165, 1.54) is 41.1 Å². The highest BCUT2D eigenvalue weighted by Crippen LogP contribution is 2.44. The third-order valence-corrected chi connectivity index (χ3v) is 17.4. The van der Waals surface area contributed by atoms with E-state index in [0.29, 0.717) is 48.8 Å². The summed E-state index contributed by atoms with van der Waals surface area (Å²) in [5.41, 5.74) is 4.58. The molecule has 3 aromatic carbocycles. The highest BCUT2D eigenvalue weighted by atomic mass is 35.5. The minimum Gasteiger partial charge on any atom is -0.455 e. The van der Waals surface area contributed by atoms with Gasteiger partial charge in [-0.15, -0.1) is 13.2 Å². The molecule has 1 aliphatic carbocycles. The standard InChI is InChI=1S/C49H58ClFN7O6PS/c1-33(31-56-20-22-65(4,5)23-21-56)24-35-8-11-40(26-44(35)58(60)61)66(62,63)54-48(59)41-27-43(51)45(28-46(41)64-39-25-36-13-15-52-47(36)53-30-39)57-18-16-55(17-19-57)32-37-12-14-49(2,3)29-42(37)34-6-9-38(50)10-7-34/h6-11,13,15,25-28,30,33H,4,12,14,16-24,29,31-32H2,1-3,5H3,(H,52,53)(H,54,59)/t33-/m1/s1. The largest absolute Gasteiger partial charge is 0.455 e. The molecule has 1 atom stereocenters. The van der Waals surface area contributed by atoms with Crippen LogP contribution in [0.4, 0.5) is 15.8 Å². The first-order chi connectivity index (χ1) is 31.3. The summed E-state index contributed by atoms with van der Waals surface area (Å²) in [7, 11) is -4.68. The van der Waals surface area contributed by atoms with Gasteiger partial charge in [-0.1, -0.05) is 56.1 Å². The van der Waals surface area contributed by atoms with Gasteiger partial charge >= 0.3 is 0 Å². The van der Waals surface area contributed by atoms with Crippen molar-refractivity contribution in [2.45, 2.75) is 51.3 Å². The highest BCUT2D eigenvalue weighted by molar-refractivity contribution is 7.90. The van der Waals surface area contributed by atoms with Gasteiger partial charge in [-0.25, -0.2) is 22.5 Å². The van der Waals surface area contributed by atoms with Gasteiger partial charge in [0.25, 0.3) is 21.6 Å². The molecule has 8 rings (SSSR count). The first-order valence-electron chi connectivity index (χ1n) is 22.5. The number of piperazine rings is 1. The molecule has 0 radical (unpaired) electrons. The Labute approximate surface area is 391 Å². The lowest BCUT2D eigenvalue weighted by molar-refractivity contribution is -0.385. The van der Waals surface area contributed by atoms with Gasteiger partial charge in [0, 0.05) is 86.7 Å². The number of aromatic nitrogens is 2. The Morgan fingerprint density at radius 2 is 1.77 bits per heavy atom. The molecule has 0 spiro atoms. The molecule has 350 valence electrons. The number of aromatic amines is 1. The Hall–Kier alpha value is -5.05. The van der Waals surface area contributed by atoms with E-state index in [-0.39, 0.29) is 39.8 Å². The van der Waals surface area contributed by atoms with Gasteiger partial charge in [-0.2, -0.15) is 0 Å². The number of H-pyrrole nitrogens is 1. The number of pyridine rings is 1. The minimum atomic E-state index is -4.68. The summed E-state index contributed by atoms with van der Waals surface area (Å²) in [6, 6.07) is 17.6. The van der Waals surface area contributed by atoms with Crippen molar-refractivity contribution in [3.8, 4) is 11.5 Å². The number of benzene rings is 3. The van der Waals surface area contributed by atoms with E-state index >= 15 is 4.39 Å². The average molecular weight is 959 g/mol. The van der Waals surface area contributed by atoms with Crippen LogP contribution < -0.4 is 14.4 Å². The third-order valence-electron chi connectivity index (χ3n) is 13.2. The Morgan fingerprint density at radius 1 is 1.05 bits per heavy atom. The second-order valence-corrected chi connectivity index (χ2v) is 25.6. The van der Waals surface area contributed by atoms with Crippen LogP contribution in [0.2, 0.25) is 5.02 Å². The van der Waals surface area contributed by atoms with Crippen LogP contribution in [0.3, 0.4) is 0 Å². The van der Waals surface area contributed by atoms with Crippen molar-refractivity contribution >= 4 is 68.7 Å². The number of amides is 1. The highest BCUT2D eigenvalue weighted by Gasteiger charge is 2.32. The quantitative estimate of drug-likeness (QED) is 0.0625. The molecule has 2 fully saturated rings. The van der Waals surface area contributed by atoms with Gasteiger partial charge in [-0.3, -0.25) is 19.8 Å². The van der Waals surface area contributed by atoms with Crippen molar-refractivity contribution in [3.05, 3.63) is 122 Å². The predicted octanol–water partition coefficient (Wildman–Crippen LogP) is 9.53. The molecule has 66 heavy (non-hydrogen) atoms. The number of nitro benzene ring substituents is 1. The smallest absolute Gasteiger partial charge is 0.273 e. The Bertz CT molecular complexity index is 2830. The number of nitro groups is 1. The normalized spacial score (nSPS) is 18.6.